The van der Waals surface area contributed by atoms with Gasteiger partial charge in [0.2, 0.25) is 0 Å². The van der Waals surface area contributed by atoms with Crippen LogP contribution < -0.4 is 10.1 Å². The fraction of sp³-hybridized carbons (Fsp3) is 0.538. The molecular weight excluding hydrogens is 372 g/mol. The SMILES string of the molecule is Cc1cc(C(C)(C)C)ccc1OCC(O)CNC1CCN(Cc2ccccc2)CC1. The van der Waals surface area contributed by atoms with Crippen LogP contribution in [0.4, 0.5) is 0 Å². The summed E-state index contributed by atoms with van der Waals surface area (Å²) < 4.78 is 5.89. The molecule has 4 nitrogen and oxygen atoms in total. The molecule has 4 heteroatoms. The second-order valence-electron chi connectivity index (χ2n) is 9.64. The lowest BCUT2D eigenvalue weighted by molar-refractivity contribution is 0.0976. The molecule has 3 rings (SSSR count). The average molecular weight is 411 g/mol. The minimum absolute atomic E-state index is 0.128. The third kappa shape index (κ3) is 6.83. The van der Waals surface area contributed by atoms with Crippen molar-refractivity contribution in [3.63, 3.8) is 0 Å². The zero-order valence-electron chi connectivity index (χ0n) is 19.0. The van der Waals surface area contributed by atoms with Gasteiger partial charge in [-0.2, -0.15) is 0 Å². The number of aliphatic hydroxyl groups is 1. The van der Waals surface area contributed by atoms with Gasteiger partial charge in [-0.3, -0.25) is 4.90 Å². The molecule has 0 spiro atoms. The Labute approximate surface area is 182 Å². The van der Waals surface area contributed by atoms with Gasteiger partial charge < -0.3 is 15.2 Å². The minimum atomic E-state index is -0.506. The predicted molar refractivity (Wildman–Crippen MR) is 124 cm³/mol. The number of hydrogen-bond acceptors (Lipinski definition) is 4. The third-order valence-corrected chi connectivity index (χ3v) is 5.95. The molecule has 1 aliphatic heterocycles. The van der Waals surface area contributed by atoms with E-state index in [-0.39, 0.29) is 5.41 Å². The Bertz CT molecular complexity index is 777. The maximum absolute atomic E-state index is 10.4. The second kappa shape index (κ2) is 10.4. The molecule has 1 unspecified atom stereocenters. The van der Waals surface area contributed by atoms with Gasteiger partial charge >= 0.3 is 0 Å². The van der Waals surface area contributed by atoms with Gasteiger partial charge in [-0.1, -0.05) is 63.2 Å². The summed E-state index contributed by atoms with van der Waals surface area (Å²) in [7, 11) is 0. The number of likely N-dealkylation sites (tertiary alicyclic amines) is 1. The zero-order valence-corrected chi connectivity index (χ0v) is 19.0. The van der Waals surface area contributed by atoms with Crippen molar-refractivity contribution < 1.29 is 9.84 Å². The lowest BCUT2D eigenvalue weighted by Crippen LogP contribution is -2.45. The van der Waals surface area contributed by atoms with Gasteiger partial charge in [-0.05, 0) is 61.0 Å². The van der Waals surface area contributed by atoms with Gasteiger partial charge in [-0.25, -0.2) is 0 Å². The molecule has 0 amide bonds. The Morgan fingerprint density at radius 2 is 1.80 bits per heavy atom. The van der Waals surface area contributed by atoms with Gasteiger partial charge in [0, 0.05) is 19.1 Å². The molecule has 0 saturated carbocycles. The smallest absolute Gasteiger partial charge is 0.122 e. The highest BCUT2D eigenvalue weighted by atomic mass is 16.5. The van der Waals surface area contributed by atoms with Crippen molar-refractivity contribution >= 4 is 0 Å². The summed E-state index contributed by atoms with van der Waals surface area (Å²) in [5.74, 6) is 0.858. The Morgan fingerprint density at radius 1 is 1.10 bits per heavy atom. The molecule has 2 aromatic carbocycles. The Balaban J connectivity index is 1.36. The second-order valence-corrected chi connectivity index (χ2v) is 9.64. The fourth-order valence-corrected chi connectivity index (χ4v) is 3.96. The molecule has 2 N–H and O–H groups in total. The quantitative estimate of drug-likeness (QED) is 0.682. The molecule has 1 aliphatic rings. The van der Waals surface area contributed by atoms with E-state index in [9.17, 15) is 5.11 Å². The monoisotopic (exact) mass is 410 g/mol. The lowest BCUT2D eigenvalue weighted by atomic mass is 9.86. The molecule has 0 aromatic heterocycles. The van der Waals surface area contributed by atoms with E-state index < -0.39 is 6.10 Å². The van der Waals surface area contributed by atoms with Gasteiger partial charge in [0.1, 0.15) is 18.5 Å². The number of ether oxygens (including phenoxy) is 1. The van der Waals surface area contributed by atoms with Crippen molar-refractivity contribution in [2.75, 3.05) is 26.2 Å². The number of rotatable bonds is 8. The Morgan fingerprint density at radius 3 is 2.43 bits per heavy atom. The average Bonchev–Trinajstić information content (AvgIpc) is 2.72. The largest absolute Gasteiger partial charge is 0.491 e. The molecule has 1 heterocycles. The number of aliphatic hydroxyl groups excluding tert-OH is 1. The van der Waals surface area contributed by atoms with Crippen molar-refractivity contribution in [2.24, 2.45) is 0 Å². The van der Waals surface area contributed by atoms with Gasteiger partial charge in [0.25, 0.3) is 0 Å². The Hall–Kier alpha value is -1.88. The summed E-state index contributed by atoms with van der Waals surface area (Å²) in [5.41, 5.74) is 3.92. The molecule has 164 valence electrons. The summed E-state index contributed by atoms with van der Waals surface area (Å²) in [6.07, 6.45) is 1.73. The lowest BCUT2D eigenvalue weighted by Gasteiger charge is -2.33. The number of aryl methyl sites for hydroxylation is 1. The number of piperidine rings is 1. The van der Waals surface area contributed by atoms with E-state index in [1.54, 1.807) is 0 Å². The third-order valence-electron chi connectivity index (χ3n) is 5.95. The van der Waals surface area contributed by atoms with E-state index in [4.69, 9.17) is 4.74 Å². The number of nitrogens with zero attached hydrogens (tertiary/aromatic N) is 1. The number of nitrogens with one attached hydrogen (secondary N) is 1. The summed E-state index contributed by atoms with van der Waals surface area (Å²) in [6, 6.07) is 17.5. The first-order chi connectivity index (χ1) is 14.3. The first-order valence-electron chi connectivity index (χ1n) is 11.2. The summed E-state index contributed by atoms with van der Waals surface area (Å²) in [5, 5.41) is 13.9. The van der Waals surface area contributed by atoms with Crippen LogP contribution in [0.2, 0.25) is 0 Å². The molecule has 0 radical (unpaired) electrons. The van der Waals surface area contributed by atoms with Crippen LogP contribution in [0.15, 0.2) is 48.5 Å². The maximum atomic E-state index is 10.4. The van der Waals surface area contributed by atoms with Crippen molar-refractivity contribution in [3.05, 3.63) is 65.2 Å². The van der Waals surface area contributed by atoms with Crippen LogP contribution in [0.5, 0.6) is 5.75 Å². The highest BCUT2D eigenvalue weighted by Crippen LogP contribution is 2.27. The van der Waals surface area contributed by atoms with Crippen molar-refractivity contribution in [3.8, 4) is 5.75 Å². The molecule has 30 heavy (non-hydrogen) atoms. The molecule has 2 aromatic rings. The Kier molecular flexibility index (Phi) is 7.93. The van der Waals surface area contributed by atoms with Crippen LogP contribution in [0.25, 0.3) is 0 Å². The van der Waals surface area contributed by atoms with E-state index in [0.29, 0.717) is 19.2 Å². The highest BCUT2D eigenvalue weighted by Gasteiger charge is 2.20. The topological polar surface area (TPSA) is 44.7 Å². The highest BCUT2D eigenvalue weighted by molar-refractivity contribution is 5.38. The van der Waals surface area contributed by atoms with Crippen LogP contribution in [-0.4, -0.2) is 48.4 Å². The van der Waals surface area contributed by atoms with Crippen LogP contribution in [0.1, 0.15) is 50.3 Å². The van der Waals surface area contributed by atoms with Crippen molar-refractivity contribution in [1.82, 2.24) is 10.2 Å². The van der Waals surface area contributed by atoms with Crippen LogP contribution >= 0.6 is 0 Å². The van der Waals surface area contributed by atoms with Crippen molar-refractivity contribution in [1.29, 1.82) is 0 Å². The summed E-state index contributed by atoms with van der Waals surface area (Å²) in [6.45, 7) is 12.8. The molecular formula is C26H38N2O2. The molecule has 1 saturated heterocycles. The summed E-state index contributed by atoms with van der Waals surface area (Å²) >= 11 is 0. The van der Waals surface area contributed by atoms with E-state index in [0.717, 1.165) is 43.8 Å². The van der Waals surface area contributed by atoms with Crippen LogP contribution in [0.3, 0.4) is 0 Å². The normalized spacial score (nSPS) is 17.1. The van der Waals surface area contributed by atoms with Gasteiger partial charge in [-0.15, -0.1) is 0 Å². The maximum Gasteiger partial charge on any atom is 0.122 e. The van der Waals surface area contributed by atoms with E-state index in [1.807, 2.05) is 6.07 Å². The van der Waals surface area contributed by atoms with Crippen molar-refractivity contribution in [2.45, 2.75) is 64.6 Å². The fourth-order valence-electron chi connectivity index (χ4n) is 3.96. The van der Waals surface area contributed by atoms with E-state index >= 15 is 0 Å². The minimum Gasteiger partial charge on any atom is -0.491 e. The molecule has 1 fully saturated rings. The van der Waals surface area contributed by atoms with E-state index in [1.165, 1.54) is 11.1 Å². The van der Waals surface area contributed by atoms with Crippen LogP contribution in [0, 0.1) is 6.92 Å². The number of hydrogen-bond donors (Lipinski definition) is 2. The molecule has 0 aliphatic carbocycles. The first kappa shape index (κ1) is 22.8. The predicted octanol–water partition coefficient (Wildman–Crippen LogP) is 4.29. The number of benzene rings is 2. The van der Waals surface area contributed by atoms with Gasteiger partial charge in [0.15, 0.2) is 0 Å². The zero-order chi connectivity index (χ0) is 21.6. The molecule has 0 bridgehead atoms. The molecule has 1 atom stereocenters. The van der Waals surface area contributed by atoms with Crippen LogP contribution in [-0.2, 0) is 12.0 Å². The first-order valence-corrected chi connectivity index (χ1v) is 11.2. The summed E-state index contributed by atoms with van der Waals surface area (Å²) in [4.78, 5) is 2.51. The van der Waals surface area contributed by atoms with E-state index in [2.05, 4.69) is 80.4 Å². The van der Waals surface area contributed by atoms with Gasteiger partial charge in [0.05, 0.1) is 0 Å². The standard InChI is InChI=1S/C26H38N2O2/c1-20-16-22(26(2,3)4)10-11-25(20)30-19-24(29)17-27-23-12-14-28(15-13-23)18-21-8-6-5-7-9-21/h5-11,16,23-24,27,29H,12-15,17-19H2,1-4H3.